The fraction of sp³-hybridized carbons (Fsp3) is 0.481. The van der Waals surface area contributed by atoms with Crippen LogP contribution in [0.2, 0.25) is 18.6 Å². The number of amides is 2. The maximum atomic E-state index is 16.0. The number of aliphatic hydroxyl groups is 1. The third-order valence-corrected chi connectivity index (χ3v) is 10.8. The van der Waals surface area contributed by atoms with Crippen LogP contribution in [0, 0.1) is 16.0 Å². The Balaban J connectivity index is 1.61. The summed E-state index contributed by atoms with van der Waals surface area (Å²) in [4.78, 5) is 42.0. The van der Waals surface area contributed by atoms with E-state index in [-0.39, 0.29) is 30.7 Å². The molecule has 3 aliphatic rings. The normalized spacial score (nSPS) is 28.8. The molecule has 0 aromatic heterocycles. The zero-order valence-corrected chi connectivity index (χ0v) is 22.7. The van der Waals surface area contributed by atoms with E-state index in [1.54, 1.807) is 49.2 Å². The summed E-state index contributed by atoms with van der Waals surface area (Å²) in [7, 11) is -3.51. The molecule has 0 bridgehead atoms. The first-order valence-electron chi connectivity index (χ1n) is 13.0. The van der Waals surface area contributed by atoms with E-state index in [9.17, 15) is 24.8 Å². The minimum absolute atomic E-state index is 0.128. The number of hydrogen-bond donors (Lipinski definition) is 1. The molecule has 2 fully saturated rings. The first-order chi connectivity index (χ1) is 18.0. The smallest absolute Gasteiger partial charge is 0.269 e. The van der Waals surface area contributed by atoms with Crippen LogP contribution in [0.25, 0.3) is 0 Å². The fourth-order valence-electron chi connectivity index (χ4n) is 6.75. The lowest BCUT2D eigenvalue weighted by molar-refractivity contribution is -0.385. The quantitative estimate of drug-likeness (QED) is 0.251. The topological polar surface area (TPSA) is 113 Å². The van der Waals surface area contributed by atoms with Gasteiger partial charge < -0.3 is 18.9 Å². The molecular weight excluding hydrogens is 509 g/mol. The van der Waals surface area contributed by atoms with Gasteiger partial charge >= 0.3 is 0 Å². The van der Waals surface area contributed by atoms with Crippen LogP contribution < -0.4 is 4.90 Å². The highest BCUT2D eigenvalue weighted by atomic mass is 28.4. The maximum Gasteiger partial charge on any atom is 0.269 e. The summed E-state index contributed by atoms with van der Waals surface area (Å²) in [5.74, 6) is -1.37. The predicted molar refractivity (Wildman–Crippen MR) is 141 cm³/mol. The van der Waals surface area contributed by atoms with Crippen LogP contribution in [0.5, 0.6) is 0 Å². The van der Waals surface area contributed by atoms with Crippen molar-refractivity contribution in [2.75, 3.05) is 18.1 Å². The molecule has 2 amide bonds. The number of ether oxygens (including phenoxy) is 1. The van der Waals surface area contributed by atoms with Gasteiger partial charge in [-0.25, -0.2) is 0 Å². The number of nitro groups is 1. The van der Waals surface area contributed by atoms with Crippen LogP contribution >= 0.6 is 0 Å². The number of aliphatic hydroxyl groups excluding tert-OH is 1. The second kappa shape index (κ2) is 9.55. The molecule has 3 aliphatic heterocycles. The molecular formula is C27H32FN3O6Si. The van der Waals surface area contributed by atoms with Gasteiger partial charge in [-0.2, -0.15) is 0 Å². The second-order valence-electron chi connectivity index (χ2n) is 11.0. The number of rotatable bonds is 6. The van der Waals surface area contributed by atoms with Gasteiger partial charge in [0.05, 0.1) is 35.8 Å². The third-order valence-electron chi connectivity index (χ3n) is 8.36. The van der Waals surface area contributed by atoms with Gasteiger partial charge in [0.2, 0.25) is 14.3 Å². The predicted octanol–water partition coefficient (Wildman–Crippen LogP) is 4.42. The summed E-state index contributed by atoms with van der Waals surface area (Å²) >= 11 is 0. The number of para-hydroxylation sites is 1. The SMILES string of the molecule is C[C@@H]1[C@@H]([Si](C)(C)F)[C@H](CC(=O)N2CCC[C@H]2CO)O[C@@]12C(=O)N(c1ccccc1)c1ccc([N+](=O)[O-])cc12. The monoisotopic (exact) mass is 541 g/mol. The molecule has 202 valence electrons. The van der Waals surface area contributed by atoms with Crippen molar-refractivity contribution in [2.45, 2.75) is 62.6 Å². The summed E-state index contributed by atoms with van der Waals surface area (Å²) in [5.41, 5.74) is -1.25. The molecule has 0 unspecified atom stereocenters. The van der Waals surface area contributed by atoms with E-state index in [0.29, 0.717) is 29.9 Å². The van der Waals surface area contributed by atoms with Crippen LogP contribution in [0.15, 0.2) is 48.5 Å². The van der Waals surface area contributed by atoms with Gasteiger partial charge in [0.15, 0.2) is 5.60 Å². The van der Waals surface area contributed by atoms with Crippen molar-refractivity contribution in [3.05, 3.63) is 64.2 Å². The van der Waals surface area contributed by atoms with Crippen molar-refractivity contribution in [3.8, 4) is 0 Å². The zero-order chi connectivity index (χ0) is 27.4. The Bertz CT molecular complexity index is 1270. The molecule has 9 nitrogen and oxygen atoms in total. The van der Waals surface area contributed by atoms with Gasteiger partial charge in [-0.3, -0.25) is 24.6 Å². The average Bonchev–Trinajstić information content (AvgIpc) is 3.53. The molecule has 1 spiro atoms. The number of fused-ring (bicyclic) bond motifs is 2. The largest absolute Gasteiger partial charge is 0.394 e. The average molecular weight is 542 g/mol. The number of nitro benzene ring substituents is 1. The highest BCUT2D eigenvalue weighted by Gasteiger charge is 2.67. The Morgan fingerprint density at radius 2 is 1.97 bits per heavy atom. The molecule has 3 heterocycles. The van der Waals surface area contributed by atoms with Crippen LogP contribution in [-0.4, -0.2) is 60.4 Å². The molecule has 2 saturated heterocycles. The van der Waals surface area contributed by atoms with E-state index in [1.165, 1.54) is 23.1 Å². The molecule has 2 aromatic rings. The molecule has 1 N–H and O–H groups in total. The van der Waals surface area contributed by atoms with Crippen molar-refractivity contribution in [2.24, 2.45) is 5.92 Å². The lowest BCUT2D eigenvalue weighted by Gasteiger charge is -2.31. The van der Waals surface area contributed by atoms with E-state index >= 15 is 4.11 Å². The van der Waals surface area contributed by atoms with Crippen molar-refractivity contribution in [3.63, 3.8) is 0 Å². The number of benzene rings is 2. The Morgan fingerprint density at radius 3 is 2.61 bits per heavy atom. The molecule has 0 saturated carbocycles. The number of nitrogens with zero attached hydrogens (tertiary/aromatic N) is 3. The molecule has 0 aliphatic carbocycles. The van der Waals surface area contributed by atoms with Crippen molar-refractivity contribution in [1.82, 2.24) is 4.90 Å². The van der Waals surface area contributed by atoms with Crippen molar-refractivity contribution in [1.29, 1.82) is 0 Å². The number of carbonyl (C=O) groups excluding carboxylic acids is 2. The number of anilines is 2. The zero-order valence-electron chi connectivity index (χ0n) is 21.7. The summed E-state index contributed by atoms with van der Waals surface area (Å²) in [5, 5.41) is 21.4. The Labute approximate surface area is 221 Å². The van der Waals surface area contributed by atoms with Crippen molar-refractivity contribution < 1.29 is 28.5 Å². The standard InChI is InChI=1S/C27H32FN3O6Si/c1-17-25(38(2,3)28)23(15-24(33)29-13-7-10-20(29)16-32)37-27(17)21-14-19(31(35)36)11-12-22(21)30(26(27)34)18-8-5-4-6-9-18/h4-6,8-9,11-12,14,17,20,23,25,32H,7,10,13,15-16H2,1-3H3/t17-,20+,23+,25-,27+/m1/s1. The van der Waals surface area contributed by atoms with E-state index in [4.69, 9.17) is 4.74 Å². The first kappa shape index (κ1) is 26.5. The highest BCUT2D eigenvalue weighted by molar-refractivity contribution is 6.72. The van der Waals surface area contributed by atoms with E-state index < -0.39 is 42.4 Å². The maximum absolute atomic E-state index is 16.0. The molecule has 11 heteroatoms. The van der Waals surface area contributed by atoms with Crippen LogP contribution in [0.4, 0.5) is 21.2 Å². The third kappa shape index (κ3) is 4.04. The van der Waals surface area contributed by atoms with E-state index in [2.05, 4.69) is 0 Å². The van der Waals surface area contributed by atoms with Gasteiger partial charge in [-0.05, 0) is 44.1 Å². The number of carbonyl (C=O) groups is 2. The lowest BCUT2D eigenvalue weighted by Crippen LogP contribution is -2.44. The summed E-state index contributed by atoms with van der Waals surface area (Å²) in [6.45, 7) is 5.21. The molecule has 5 atom stereocenters. The lowest BCUT2D eigenvalue weighted by atomic mass is 9.82. The minimum Gasteiger partial charge on any atom is -0.394 e. The Kier molecular flexibility index (Phi) is 6.65. The molecule has 2 aromatic carbocycles. The highest BCUT2D eigenvalue weighted by Crippen LogP contribution is 2.61. The van der Waals surface area contributed by atoms with Crippen LogP contribution in [-0.2, 0) is 19.9 Å². The number of likely N-dealkylation sites (tertiary alicyclic amines) is 1. The number of non-ortho nitro benzene ring substituents is 1. The van der Waals surface area contributed by atoms with Gasteiger partial charge in [0.1, 0.15) is 0 Å². The van der Waals surface area contributed by atoms with Crippen LogP contribution in [0.3, 0.4) is 0 Å². The Morgan fingerprint density at radius 1 is 1.26 bits per heavy atom. The number of hydrogen-bond acceptors (Lipinski definition) is 6. The van der Waals surface area contributed by atoms with Gasteiger partial charge in [0, 0.05) is 41.4 Å². The summed E-state index contributed by atoms with van der Waals surface area (Å²) < 4.78 is 22.5. The molecule has 0 radical (unpaired) electrons. The summed E-state index contributed by atoms with van der Waals surface area (Å²) in [6, 6.07) is 12.9. The minimum atomic E-state index is -3.51. The van der Waals surface area contributed by atoms with Crippen LogP contribution in [0.1, 0.15) is 31.7 Å². The fourth-order valence-corrected chi connectivity index (χ4v) is 9.24. The first-order valence-corrected chi connectivity index (χ1v) is 15.9. The number of halogens is 1. The summed E-state index contributed by atoms with van der Waals surface area (Å²) in [6.07, 6.45) is 0.451. The van der Waals surface area contributed by atoms with E-state index in [0.717, 1.165) is 6.42 Å². The van der Waals surface area contributed by atoms with Crippen molar-refractivity contribution >= 4 is 37.3 Å². The van der Waals surface area contributed by atoms with Gasteiger partial charge in [-0.15, -0.1) is 0 Å². The Hall–Kier alpha value is -3.15. The second-order valence-corrected chi connectivity index (χ2v) is 14.8. The van der Waals surface area contributed by atoms with Gasteiger partial charge in [0.25, 0.3) is 11.6 Å². The molecule has 38 heavy (non-hydrogen) atoms. The van der Waals surface area contributed by atoms with Gasteiger partial charge in [-0.1, -0.05) is 25.1 Å². The molecule has 5 rings (SSSR count). The van der Waals surface area contributed by atoms with E-state index in [1.807, 2.05) is 6.07 Å².